The zero-order valence-corrected chi connectivity index (χ0v) is 6.18. The van der Waals surface area contributed by atoms with Crippen molar-refractivity contribution in [2.75, 3.05) is 0 Å². The van der Waals surface area contributed by atoms with Gasteiger partial charge in [0.2, 0.25) is 0 Å². The average molecular weight is 189 g/mol. The minimum Gasteiger partial charge on any atom is -0.268 e. The lowest BCUT2D eigenvalue weighted by atomic mass is 10.4. The number of aromatic nitrogens is 2. The second-order valence-electron chi connectivity index (χ2n) is 1.55. The topological polar surface area (TPSA) is 45.8 Å². The van der Waals surface area contributed by atoms with E-state index in [1.165, 1.54) is 6.07 Å². The summed E-state index contributed by atoms with van der Waals surface area (Å²) in [5, 5.41) is 6.70. The Morgan fingerprint density at radius 2 is 2.44 bits per heavy atom. The fourth-order valence-corrected chi connectivity index (χ4v) is 0.760. The van der Waals surface area contributed by atoms with Gasteiger partial charge in [-0.3, -0.25) is 4.79 Å². The molecule has 0 aliphatic carbocycles. The average Bonchev–Trinajstić information content (AvgIpc) is 1.90. The van der Waals surface area contributed by atoms with Crippen LogP contribution >= 0.6 is 15.9 Å². The molecule has 48 valence electrons. The standard InChI is InChI=1S/C5H5BrN2O/c6-3-4-1-2-5(9)8-7-4/h1-2H,3H2,(H,8,9). The smallest absolute Gasteiger partial charge is 0.264 e. The molecule has 0 amide bonds. The predicted octanol–water partition coefficient (Wildman–Crippen LogP) is 0.665. The largest absolute Gasteiger partial charge is 0.268 e. The molecule has 0 bridgehead atoms. The molecule has 0 saturated heterocycles. The first-order valence-corrected chi connectivity index (χ1v) is 3.55. The first-order chi connectivity index (χ1) is 4.33. The second-order valence-corrected chi connectivity index (χ2v) is 2.11. The molecule has 3 nitrogen and oxygen atoms in total. The van der Waals surface area contributed by atoms with Gasteiger partial charge < -0.3 is 0 Å². The van der Waals surface area contributed by atoms with Gasteiger partial charge in [-0.15, -0.1) is 0 Å². The third kappa shape index (κ3) is 1.64. The fraction of sp³-hybridized carbons (Fsp3) is 0.200. The van der Waals surface area contributed by atoms with Gasteiger partial charge in [-0.25, -0.2) is 5.10 Å². The number of hydrogen-bond donors (Lipinski definition) is 1. The molecule has 4 heteroatoms. The number of alkyl halides is 1. The molecule has 0 atom stereocenters. The lowest BCUT2D eigenvalue weighted by Gasteiger charge is -1.87. The minimum absolute atomic E-state index is 0.167. The number of aromatic amines is 1. The van der Waals surface area contributed by atoms with Gasteiger partial charge in [0.15, 0.2) is 0 Å². The van der Waals surface area contributed by atoms with Gasteiger partial charge in [-0.05, 0) is 6.07 Å². The van der Waals surface area contributed by atoms with E-state index in [1.54, 1.807) is 6.07 Å². The Labute approximate surface area is 60.2 Å². The summed E-state index contributed by atoms with van der Waals surface area (Å²) in [5.74, 6) is 0. The Hall–Kier alpha value is -0.640. The fourth-order valence-electron chi connectivity index (χ4n) is 0.448. The maximum atomic E-state index is 10.4. The summed E-state index contributed by atoms with van der Waals surface area (Å²) < 4.78 is 0. The molecule has 0 radical (unpaired) electrons. The van der Waals surface area contributed by atoms with E-state index in [-0.39, 0.29) is 5.56 Å². The lowest BCUT2D eigenvalue weighted by molar-refractivity contribution is 0.941. The van der Waals surface area contributed by atoms with Crippen LogP contribution in [-0.4, -0.2) is 10.2 Å². The van der Waals surface area contributed by atoms with Gasteiger partial charge in [-0.2, -0.15) is 5.10 Å². The number of nitrogens with zero attached hydrogens (tertiary/aromatic N) is 1. The maximum Gasteiger partial charge on any atom is 0.264 e. The van der Waals surface area contributed by atoms with Crippen LogP contribution in [0.1, 0.15) is 5.69 Å². The van der Waals surface area contributed by atoms with E-state index in [4.69, 9.17) is 0 Å². The van der Waals surface area contributed by atoms with E-state index >= 15 is 0 Å². The summed E-state index contributed by atoms with van der Waals surface area (Å²) in [4.78, 5) is 10.4. The first-order valence-electron chi connectivity index (χ1n) is 2.43. The number of nitrogens with one attached hydrogen (secondary N) is 1. The van der Waals surface area contributed by atoms with Crippen molar-refractivity contribution in [3.8, 4) is 0 Å². The van der Waals surface area contributed by atoms with Gasteiger partial charge in [0, 0.05) is 11.4 Å². The number of halogens is 1. The molecule has 9 heavy (non-hydrogen) atoms. The highest BCUT2D eigenvalue weighted by Crippen LogP contribution is 1.95. The van der Waals surface area contributed by atoms with Crippen molar-refractivity contribution in [2.24, 2.45) is 0 Å². The second kappa shape index (κ2) is 2.77. The van der Waals surface area contributed by atoms with Crippen LogP contribution in [0.4, 0.5) is 0 Å². The van der Waals surface area contributed by atoms with Gasteiger partial charge in [0.1, 0.15) is 0 Å². The summed E-state index contributed by atoms with van der Waals surface area (Å²) in [6, 6.07) is 3.12. The molecule has 0 spiro atoms. The monoisotopic (exact) mass is 188 g/mol. The molecule has 0 saturated carbocycles. The Morgan fingerprint density at radius 1 is 1.67 bits per heavy atom. The van der Waals surface area contributed by atoms with Crippen molar-refractivity contribution in [1.82, 2.24) is 10.2 Å². The van der Waals surface area contributed by atoms with Gasteiger partial charge in [-0.1, -0.05) is 15.9 Å². The van der Waals surface area contributed by atoms with Crippen molar-refractivity contribution < 1.29 is 0 Å². The summed E-state index contributed by atoms with van der Waals surface area (Å²) in [6.07, 6.45) is 0. The van der Waals surface area contributed by atoms with Crippen LogP contribution < -0.4 is 5.56 Å². The zero-order valence-electron chi connectivity index (χ0n) is 4.60. The van der Waals surface area contributed by atoms with Crippen LogP contribution in [0.3, 0.4) is 0 Å². The third-order valence-electron chi connectivity index (χ3n) is 0.874. The van der Waals surface area contributed by atoms with Crippen LogP contribution in [-0.2, 0) is 5.33 Å². The van der Waals surface area contributed by atoms with Crippen molar-refractivity contribution >= 4 is 15.9 Å². The molecular weight excluding hydrogens is 184 g/mol. The van der Waals surface area contributed by atoms with E-state index in [2.05, 4.69) is 26.1 Å². The SMILES string of the molecule is O=c1ccc(CBr)n[nH]1. The zero-order chi connectivity index (χ0) is 6.69. The molecular formula is C5H5BrN2O. The number of H-pyrrole nitrogens is 1. The van der Waals surface area contributed by atoms with Crippen molar-refractivity contribution in [3.63, 3.8) is 0 Å². The van der Waals surface area contributed by atoms with Crippen molar-refractivity contribution in [2.45, 2.75) is 5.33 Å². The molecule has 1 aromatic rings. The number of hydrogen-bond acceptors (Lipinski definition) is 2. The van der Waals surface area contributed by atoms with E-state index in [0.717, 1.165) is 5.69 Å². The van der Waals surface area contributed by atoms with Crippen LogP contribution in [0.25, 0.3) is 0 Å². The van der Waals surface area contributed by atoms with Crippen LogP contribution in [0.15, 0.2) is 16.9 Å². The highest BCUT2D eigenvalue weighted by Gasteiger charge is 1.87. The maximum absolute atomic E-state index is 10.4. The molecule has 1 N–H and O–H groups in total. The van der Waals surface area contributed by atoms with E-state index < -0.39 is 0 Å². The molecule has 1 aromatic heterocycles. The van der Waals surface area contributed by atoms with Crippen molar-refractivity contribution in [3.05, 3.63) is 28.2 Å². The molecule has 1 heterocycles. The Bertz CT molecular complexity index is 224. The Kier molecular flexibility index (Phi) is 2.00. The molecule has 0 unspecified atom stereocenters. The normalized spacial score (nSPS) is 9.44. The minimum atomic E-state index is -0.167. The molecule has 0 aromatic carbocycles. The van der Waals surface area contributed by atoms with E-state index in [1.807, 2.05) is 0 Å². The van der Waals surface area contributed by atoms with Gasteiger partial charge in [0.25, 0.3) is 5.56 Å². The van der Waals surface area contributed by atoms with E-state index in [0.29, 0.717) is 5.33 Å². The number of rotatable bonds is 1. The van der Waals surface area contributed by atoms with Gasteiger partial charge in [0.05, 0.1) is 5.69 Å². The van der Waals surface area contributed by atoms with Crippen LogP contribution in [0, 0.1) is 0 Å². The van der Waals surface area contributed by atoms with Crippen molar-refractivity contribution in [1.29, 1.82) is 0 Å². The Morgan fingerprint density at radius 3 is 2.89 bits per heavy atom. The molecule has 0 aliphatic heterocycles. The third-order valence-corrected chi connectivity index (χ3v) is 1.45. The lowest BCUT2D eigenvalue weighted by Crippen LogP contribution is -2.06. The highest BCUT2D eigenvalue weighted by atomic mass is 79.9. The molecule has 0 fully saturated rings. The van der Waals surface area contributed by atoms with E-state index in [9.17, 15) is 4.79 Å². The molecule has 0 aliphatic rings. The summed E-state index contributed by atoms with van der Waals surface area (Å²) in [5.41, 5.74) is 0.661. The quantitative estimate of drug-likeness (QED) is 0.659. The Balaban J connectivity index is 3.02. The summed E-state index contributed by atoms with van der Waals surface area (Å²) in [7, 11) is 0. The highest BCUT2D eigenvalue weighted by molar-refractivity contribution is 9.08. The molecule has 1 rings (SSSR count). The van der Waals surface area contributed by atoms with Crippen LogP contribution in [0.5, 0.6) is 0 Å². The van der Waals surface area contributed by atoms with Crippen LogP contribution in [0.2, 0.25) is 0 Å². The predicted molar refractivity (Wildman–Crippen MR) is 37.5 cm³/mol. The van der Waals surface area contributed by atoms with Gasteiger partial charge >= 0.3 is 0 Å². The summed E-state index contributed by atoms with van der Waals surface area (Å²) in [6.45, 7) is 0. The first kappa shape index (κ1) is 6.48. The summed E-state index contributed by atoms with van der Waals surface area (Å²) >= 11 is 3.20.